The molecule has 1 aromatic rings. The molecule has 0 radical (unpaired) electrons. The van der Waals surface area contributed by atoms with Crippen LogP contribution in [0.25, 0.3) is 0 Å². The molecule has 10 nitrogen and oxygen atoms in total. The van der Waals surface area contributed by atoms with Crippen molar-refractivity contribution >= 4 is 11.8 Å². The topological polar surface area (TPSA) is 129 Å². The fraction of sp³-hybridized carbons (Fsp3) is 0.667. The number of hydrogen-bond donors (Lipinski definition) is 2. The molecule has 1 aromatic heterocycles. The molecule has 0 aromatic carbocycles. The van der Waals surface area contributed by atoms with Crippen LogP contribution in [-0.2, 0) is 16.5 Å². The van der Waals surface area contributed by atoms with E-state index in [9.17, 15) is 14.9 Å². The van der Waals surface area contributed by atoms with Gasteiger partial charge in [0.2, 0.25) is 0 Å². The van der Waals surface area contributed by atoms with Gasteiger partial charge >= 0.3 is 11.8 Å². The van der Waals surface area contributed by atoms with Crippen LogP contribution >= 0.6 is 0 Å². The minimum Gasteiger partial charge on any atom is -0.465 e. The zero-order chi connectivity index (χ0) is 18.8. The van der Waals surface area contributed by atoms with Crippen molar-refractivity contribution in [3.05, 3.63) is 22.0 Å². The van der Waals surface area contributed by atoms with Gasteiger partial charge in [-0.05, 0) is 12.8 Å². The number of nitrogens with zero attached hydrogens (tertiary/aromatic N) is 3. The Bertz CT molecular complexity index is 649. The van der Waals surface area contributed by atoms with Gasteiger partial charge in [-0.3, -0.25) is 14.8 Å². The number of aryl methyl sites for hydroxylation is 1. The molecule has 2 N–H and O–H groups in total. The van der Waals surface area contributed by atoms with E-state index in [1.807, 2.05) is 0 Å². The first-order chi connectivity index (χ1) is 11.6. The zero-order valence-electron chi connectivity index (χ0n) is 14.8. The summed E-state index contributed by atoms with van der Waals surface area (Å²) in [7, 11) is -1.20. The van der Waals surface area contributed by atoms with Gasteiger partial charge in [-0.2, -0.15) is 5.10 Å². The molecule has 1 aliphatic heterocycles. The van der Waals surface area contributed by atoms with Gasteiger partial charge in [-0.1, -0.05) is 0 Å². The third-order valence-electron chi connectivity index (χ3n) is 3.58. The van der Waals surface area contributed by atoms with Crippen LogP contribution in [0.3, 0.4) is 0 Å². The first-order valence-electron chi connectivity index (χ1n) is 8.03. The maximum absolute atomic E-state index is 11.1. The summed E-state index contributed by atoms with van der Waals surface area (Å²) in [5, 5.41) is 26.1. The number of aromatic nitrogens is 2. The van der Waals surface area contributed by atoms with Crippen molar-refractivity contribution in [2.24, 2.45) is 7.05 Å². The van der Waals surface area contributed by atoms with Crippen molar-refractivity contribution in [1.29, 1.82) is 0 Å². The molecule has 1 saturated heterocycles. The van der Waals surface area contributed by atoms with E-state index in [4.69, 9.17) is 18.7 Å². The molecule has 2 heterocycles. The Labute approximate surface area is 130 Å². The summed E-state index contributed by atoms with van der Waals surface area (Å²) in [5.41, 5.74) is 0.0130. The van der Waals surface area contributed by atoms with Gasteiger partial charge < -0.3 is 19.9 Å². The third-order valence-corrected chi connectivity index (χ3v) is 3.58. The van der Waals surface area contributed by atoms with Gasteiger partial charge in [0.05, 0.1) is 21.7 Å². The smallest absolute Gasteiger partial charge is 0.404 e. The number of nitrogens with one attached hydrogen (secondary N) is 1. The van der Waals surface area contributed by atoms with Crippen LogP contribution < -0.4 is 5.32 Å². The van der Waals surface area contributed by atoms with Crippen LogP contribution in [0.1, 0.15) is 28.8 Å². The first-order valence-corrected chi connectivity index (χ1v) is 6.53. The van der Waals surface area contributed by atoms with Gasteiger partial charge in [0.25, 0.3) is 0 Å². The van der Waals surface area contributed by atoms with Crippen LogP contribution in [-0.4, -0.2) is 51.7 Å². The van der Waals surface area contributed by atoms with E-state index in [1.165, 1.54) is 11.7 Å². The maximum atomic E-state index is 11.1. The summed E-state index contributed by atoms with van der Waals surface area (Å²) >= 11 is 0. The molecular formula is C12H18N4O6. The van der Waals surface area contributed by atoms with E-state index < -0.39 is 36.3 Å². The van der Waals surface area contributed by atoms with Crippen molar-refractivity contribution in [3.63, 3.8) is 0 Å². The first kappa shape index (κ1) is 12.4. The summed E-state index contributed by atoms with van der Waals surface area (Å²) in [6.07, 6.45) is -1.61. The van der Waals surface area contributed by atoms with Crippen LogP contribution in [0.15, 0.2) is 6.20 Å². The molecular weight excluding hydrogens is 296 g/mol. The number of nitro groups is 1. The molecule has 10 heteroatoms. The van der Waals surface area contributed by atoms with E-state index in [1.54, 1.807) is 0 Å². The van der Waals surface area contributed by atoms with Gasteiger partial charge in [-0.25, -0.2) is 4.79 Å². The summed E-state index contributed by atoms with van der Waals surface area (Å²) in [5.74, 6) is 0. The van der Waals surface area contributed by atoms with E-state index in [0.717, 1.165) is 6.20 Å². The van der Waals surface area contributed by atoms with Crippen molar-refractivity contribution in [2.75, 3.05) is 13.6 Å². The highest BCUT2D eigenvalue weighted by atomic mass is 16.6. The number of ether oxygens (including phenoxy) is 2. The predicted octanol–water partition coefficient (Wildman–Crippen LogP) is 0.831. The highest BCUT2D eigenvalue weighted by molar-refractivity contribution is 5.64. The van der Waals surface area contributed by atoms with E-state index >= 15 is 0 Å². The summed E-state index contributed by atoms with van der Waals surface area (Å²) < 4.78 is 33.5. The number of carboxylic acid groups (broad SMARTS) is 1. The minimum atomic E-state index is -2.73. The molecule has 0 unspecified atom stereocenters. The van der Waals surface area contributed by atoms with Gasteiger partial charge in [0.1, 0.15) is 24.1 Å². The lowest BCUT2D eigenvalue weighted by Gasteiger charge is -2.22. The highest BCUT2D eigenvalue weighted by Gasteiger charge is 2.34. The second-order valence-electron chi connectivity index (χ2n) is 4.91. The van der Waals surface area contributed by atoms with Crippen molar-refractivity contribution in [3.8, 4) is 0 Å². The van der Waals surface area contributed by atoms with Gasteiger partial charge in [-0.15, -0.1) is 0 Å². The molecule has 1 fully saturated rings. The Morgan fingerprint density at radius 1 is 1.73 bits per heavy atom. The van der Waals surface area contributed by atoms with E-state index in [2.05, 4.69) is 10.4 Å². The van der Waals surface area contributed by atoms with E-state index in [0.29, 0.717) is 0 Å². The van der Waals surface area contributed by atoms with E-state index in [-0.39, 0.29) is 30.8 Å². The maximum Gasteiger partial charge on any atom is 0.404 e. The highest BCUT2D eigenvalue weighted by Crippen LogP contribution is 2.33. The van der Waals surface area contributed by atoms with Gasteiger partial charge in [0, 0.05) is 14.1 Å². The summed E-state index contributed by atoms with van der Waals surface area (Å²) in [6.45, 7) is -0.240. The fourth-order valence-corrected chi connectivity index (χ4v) is 2.53. The van der Waals surface area contributed by atoms with Crippen LogP contribution in [0.2, 0.25) is 0 Å². The Hall–Kier alpha value is -2.20. The number of amides is 1. The summed E-state index contributed by atoms with van der Waals surface area (Å²) in [6, 6.07) is -0.824. The number of rotatable bonds is 4. The second kappa shape index (κ2) is 6.71. The Morgan fingerprint density at radius 2 is 2.50 bits per heavy atom. The molecule has 122 valence electrons. The zero-order valence-corrected chi connectivity index (χ0v) is 11.8. The molecule has 22 heavy (non-hydrogen) atoms. The quantitative estimate of drug-likeness (QED) is 0.621. The molecule has 0 aliphatic carbocycles. The Morgan fingerprint density at radius 3 is 3.14 bits per heavy atom. The summed E-state index contributed by atoms with van der Waals surface area (Å²) in [4.78, 5) is 21.5. The van der Waals surface area contributed by atoms with Crippen LogP contribution in [0.5, 0.6) is 0 Å². The third kappa shape index (κ3) is 3.34. The van der Waals surface area contributed by atoms with Crippen molar-refractivity contribution in [2.45, 2.75) is 31.1 Å². The Balaban J connectivity index is 2.23. The second-order valence-corrected chi connectivity index (χ2v) is 4.91. The molecule has 3 atom stereocenters. The molecule has 0 bridgehead atoms. The monoisotopic (exact) mass is 317 g/mol. The molecule has 1 amide bonds. The Kier molecular flexibility index (Phi) is 3.77. The molecule has 0 spiro atoms. The largest absolute Gasteiger partial charge is 0.465 e. The lowest BCUT2D eigenvalue weighted by atomic mass is 10.0. The minimum absolute atomic E-state index is 0.181. The van der Waals surface area contributed by atoms with Crippen molar-refractivity contribution < 1.29 is 28.4 Å². The van der Waals surface area contributed by atoms with Crippen LogP contribution in [0.4, 0.5) is 10.5 Å². The van der Waals surface area contributed by atoms with Gasteiger partial charge in [0.15, 0.2) is 0 Å². The average molecular weight is 317 g/mol. The SMILES string of the molecule is [2H]C([2H])([2H])O[C@@H]1CO[C@H](c2c([N+](=O)[O-])cnn2C)CC[C@H]1NC(=O)O. The normalized spacial score (nSPS) is 28.0. The molecule has 0 saturated carbocycles. The molecule has 1 aliphatic rings. The van der Waals surface area contributed by atoms with Crippen LogP contribution in [0, 0.1) is 10.1 Å². The molecule has 2 rings (SSSR count). The number of methoxy groups -OCH3 is 1. The lowest BCUT2D eigenvalue weighted by molar-refractivity contribution is -0.386. The fourth-order valence-electron chi connectivity index (χ4n) is 2.53. The van der Waals surface area contributed by atoms with Crippen molar-refractivity contribution in [1.82, 2.24) is 15.1 Å². The number of hydrogen-bond acceptors (Lipinski definition) is 6. The number of carbonyl (C=O) groups is 1. The average Bonchev–Trinajstić information content (AvgIpc) is 2.75. The standard InChI is InChI=1S/C12H18N4O6/c1-15-11(8(5-13-15)16(19)20)9-4-3-7(14-12(17)18)10(21-2)6-22-9/h5,7,9-10,14H,3-4,6H2,1-2H3,(H,17,18)/t7-,9+,10-/m1/s1/i2D3. The lowest BCUT2D eigenvalue weighted by Crippen LogP contribution is -2.44. The predicted molar refractivity (Wildman–Crippen MR) is 73.5 cm³/mol.